The quantitative estimate of drug-likeness (QED) is 0.282. The molecule has 1 aromatic heterocycles. The summed E-state index contributed by atoms with van der Waals surface area (Å²) in [7, 11) is 0. The van der Waals surface area contributed by atoms with Gasteiger partial charge in [-0.1, -0.05) is 44.2 Å². The SMILES string of the molecule is CC(C)COc1cccc(/C(O)=C2/C(=O)C(=O)N(Cc3cccs3)C2c2ccc(F)cc2)c1. The minimum atomic E-state index is -0.840. The Morgan fingerprint density at radius 3 is 2.55 bits per heavy atom. The lowest BCUT2D eigenvalue weighted by Gasteiger charge is -2.25. The number of amides is 1. The molecule has 2 aromatic carbocycles. The molecule has 1 saturated heterocycles. The van der Waals surface area contributed by atoms with Gasteiger partial charge in [-0.15, -0.1) is 11.3 Å². The summed E-state index contributed by atoms with van der Waals surface area (Å²) in [6.07, 6.45) is 0. The number of Topliss-reactive ketones (excluding diaryl/α,β-unsaturated/α-hetero) is 1. The van der Waals surface area contributed by atoms with Crippen LogP contribution in [0.1, 0.15) is 35.9 Å². The maximum absolute atomic E-state index is 13.6. The highest BCUT2D eigenvalue weighted by atomic mass is 32.1. The van der Waals surface area contributed by atoms with Gasteiger partial charge in [0.1, 0.15) is 17.3 Å². The van der Waals surface area contributed by atoms with E-state index in [1.54, 1.807) is 24.3 Å². The van der Waals surface area contributed by atoms with Gasteiger partial charge in [0.25, 0.3) is 11.7 Å². The number of carbonyl (C=O) groups excluding carboxylic acids is 2. The number of rotatable bonds is 7. The Morgan fingerprint density at radius 2 is 1.88 bits per heavy atom. The zero-order valence-electron chi connectivity index (χ0n) is 18.3. The normalized spacial score (nSPS) is 17.7. The van der Waals surface area contributed by atoms with E-state index in [-0.39, 0.29) is 17.9 Å². The Hall–Kier alpha value is -3.45. The van der Waals surface area contributed by atoms with Crippen molar-refractivity contribution in [2.24, 2.45) is 5.92 Å². The summed E-state index contributed by atoms with van der Waals surface area (Å²) < 4.78 is 19.4. The van der Waals surface area contributed by atoms with Crippen LogP contribution in [0, 0.1) is 11.7 Å². The molecule has 1 fully saturated rings. The monoisotopic (exact) mass is 465 g/mol. The van der Waals surface area contributed by atoms with Gasteiger partial charge in [0.05, 0.1) is 24.8 Å². The van der Waals surface area contributed by atoms with Crippen LogP contribution in [-0.2, 0) is 16.1 Å². The molecule has 0 bridgehead atoms. The topological polar surface area (TPSA) is 66.8 Å². The van der Waals surface area contributed by atoms with E-state index in [9.17, 15) is 19.1 Å². The van der Waals surface area contributed by atoms with Gasteiger partial charge in [-0.2, -0.15) is 0 Å². The number of likely N-dealkylation sites (tertiary alicyclic amines) is 1. The number of thiophene rings is 1. The maximum Gasteiger partial charge on any atom is 0.295 e. The summed E-state index contributed by atoms with van der Waals surface area (Å²) in [5.74, 6) is -1.31. The van der Waals surface area contributed by atoms with E-state index >= 15 is 0 Å². The minimum Gasteiger partial charge on any atom is -0.507 e. The number of ether oxygens (including phenoxy) is 1. The van der Waals surface area contributed by atoms with Gasteiger partial charge in [0, 0.05) is 10.4 Å². The van der Waals surface area contributed by atoms with E-state index in [0.29, 0.717) is 29.4 Å². The van der Waals surface area contributed by atoms with Gasteiger partial charge in [0.2, 0.25) is 0 Å². The molecule has 1 unspecified atom stereocenters. The van der Waals surface area contributed by atoms with Gasteiger partial charge in [-0.25, -0.2) is 4.39 Å². The standard InChI is InChI=1S/C26H24FNO4S/c1-16(2)15-32-20-6-3-5-18(13-20)24(29)22-23(17-8-10-19(27)11-9-17)28(26(31)25(22)30)14-21-7-4-12-33-21/h3-13,16,23,29H,14-15H2,1-2H3/b24-22-. The summed E-state index contributed by atoms with van der Waals surface area (Å²) in [6.45, 7) is 4.77. The first kappa shape index (κ1) is 22.7. The van der Waals surface area contributed by atoms with Crippen molar-refractivity contribution in [1.82, 2.24) is 4.90 Å². The van der Waals surface area contributed by atoms with Crippen LogP contribution >= 0.6 is 11.3 Å². The number of nitrogens with zero attached hydrogens (tertiary/aromatic N) is 1. The number of benzene rings is 2. The number of hydrogen-bond donors (Lipinski definition) is 1. The fourth-order valence-electron chi connectivity index (χ4n) is 3.76. The third-order valence-corrected chi connectivity index (χ3v) is 6.18. The fourth-order valence-corrected chi connectivity index (χ4v) is 4.46. The Bertz CT molecular complexity index is 1190. The van der Waals surface area contributed by atoms with Crippen LogP contribution in [-0.4, -0.2) is 28.3 Å². The van der Waals surface area contributed by atoms with Crippen molar-refractivity contribution in [1.29, 1.82) is 0 Å². The van der Waals surface area contributed by atoms with Crippen LogP contribution in [0.4, 0.5) is 4.39 Å². The Balaban J connectivity index is 1.79. The molecular weight excluding hydrogens is 441 g/mol. The highest BCUT2D eigenvalue weighted by Gasteiger charge is 2.46. The molecule has 33 heavy (non-hydrogen) atoms. The molecule has 0 aliphatic carbocycles. The second kappa shape index (κ2) is 9.58. The number of carbonyl (C=O) groups is 2. The average molecular weight is 466 g/mol. The molecule has 1 aliphatic heterocycles. The molecule has 170 valence electrons. The number of aliphatic hydroxyl groups is 1. The number of halogens is 1. The van der Waals surface area contributed by atoms with Gasteiger partial charge in [-0.05, 0) is 47.2 Å². The van der Waals surface area contributed by atoms with Crippen LogP contribution in [0.5, 0.6) is 5.75 Å². The molecule has 3 aromatic rings. The van der Waals surface area contributed by atoms with E-state index in [1.807, 2.05) is 31.4 Å². The van der Waals surface area contributed by atoms with Crippen LogP contribution in [0.2, 0.25) is 0 Å². The first-order valence-electron chi connectivity index (χ1n) is 10.6. The van der Waals surface area contributed by atoms with Crippen LogP contribution in [0.3, 0.4) is 0 Å². The van der Waals surface area contributed by atoms with E-state index in [0.717, 1.165) is 4.88 Å². The smallest absolute Gasteiger partial charge is 0.295 e. The zero-order chi connectivity index (χ0) is 23.5. The van der Waals surface area contributed by atoms with Crippen LogP contribution < -0.4 is 4.74 Å². The molecule has 5 nitrogen and oxygen atoms in total. The molecule has 2 heterocycles. The van der Waals surface area contributed by atoms with Gasteiger partial charge >= 0.3 is 0 Å². The van der Waals surface area contributed by atoms with E-state index in [4.69, 9.17) is 4.74 Å². The molecule has 0 radical (unpaired) electrons. The van der Waals surface area contributed by atoms with Crippen LogP contribution in [0.15, 0.2) is 71.6 Å². The van der Waals surface area contributed by atoms with Crippen molar-refractivity contribution in [3.8, 4) is 5.75 Å². The lowest BCUT2D eigenvalue weighted by molar-refractivity contribution is -0.140. The molecule has 4 rings (SSSR count). The molecule has 1 amide bonds. The second-order valence-corrected chi connectivity index (χ2v) is 9.32. The largest absolute Gasteiger partial charge is 0.507 e. The Kier molecular flexibility index (Phi) is 6.60. The molecule has 1 aliphatic rings. The Morgan fingerprint density at radius 1 is 1.12 bits per heavy atom. The average Bonchev–Trinajstić information content (AvgIpc) is 3.40. The molecule has 0 spiro atoms. The van der Waals surface area contributed by atoms with E-state index in [1.165, 1.54) is 40.5 Å². The van der Waals surface area contributed by atoms with Gasteiger partial charge in [-0.3, -0.25) is 9.59 Å². The first-order chi connectivity index (χ1) is 15.8. The maximum atomic E-state index is 13.6. The summed E-state index contributed by atoms with van der Waals surface area (Å²) in [6, 6.07) is 15.3. The number of hydrogen-bond acceptors (Lipinski definition) is 5. The lowest BCUT2D eigenvalue weighted by Crippen LogP contribution is -2.28. The zero-order valence-corrected chi connectivity index (χ0v) is 19.1. The molecule has 0 saturated carbocycles. The predicted molar refractivity (Wildman–Crippen MR) is 125 cm³/mol. The Labute approximate surface area is 195 Å². The van der Waals surface area contributed by atoms with Crippen molar-refractivity contribution < 1.29 is 23.8 Å². The minimum absolute atomic E-state index is 0.0239. The number of aliphatic hydroxyl groups excluding tert-OH is 1. The second-order valence-electron chi connectivity index (χ2n) is 8.29. The van der Waals surface area contributed by atoms with Crippen molar-refractivity contribution in [2.45, 2.75) is 26.4 Å². The molecule has 7 heteroatoms. The van der Waals surface area contributed by atoms with E-state index in [2.05, 4.69) is 0 Å². The molecular formula is C26H24FNO4S. The predicted octanol–water partition coefficient (Wildman–Crippen LogP) is 5.54. The number of ketones is 1. The van der Waals surface area contributed by atoms with Gasteiger partial charge in [0.15, 0.2) is 0 Å². The van der Waals surface area contributed by atoms with Crippen molar-refractivity contribution in [2.75, 3.05) is 6.61 Å². The summed E-state index contributed by atoms with van der Waals surface area (Å²) >= 11 is 1.47. The molecule has 1 N–H and O–H groups in total. The highest BCUT2D eigenvalue weighted by molar-refractivity contribution is 7.09. The van der Waals surface area contributed by atoms with E-state index < -0.39 is 23.5 Å². The lowest BCUT2D eigenvalue weighted by atomic mass is 9.95. The third kappa shape index (κ3) is 4.83. The van der Waals surface area contributed by atoms with Crippen molar-refractivity contribution in [3.05, 3.63) is 93.4 Å². The van der Waals surface area contributed by atoms with Crippen LogP contribution in [0.25, 0.3) is 5.76 Å². The summed E-state index contributed by atoms with van der Waals surface area (Å²) in [5, 5.41) is 13.1. The summed E-state index contributed by atoms with van der Waals surface area (Å²) in [4.78, 5) is 28.4. The van der Waals surface area contributed by atoms with Crippen molar-refractivity contribution in [3.63, 3.8) is 0 Å². The van der Waals surface area contributed by atoms with Crippen molar-refractivity contribution >= 4 is 28.8 Å². The van der Waals surface area contributed by atoms with Gasteiger partial charge < -0.3 is 14.7 Å². The fraction of sp³-hybridized carbons (Fsp3) is 0.231. The molecule has 1 atom stereocenters. The summed E-state index contributed by atoms with van der Waals surface area (Å²) in [5.41, 5.74) is 0.891. The third-order valence-electron chi connectivity index (χ3n) is 5.32. The first-order valence-corrected chi connectivity index (χ1v) is 11.5. The highest BCUT2D eigenvalue weighted by Crippen LogP contribution is 2.41.